The number of aliphatic hydroxyl groups excluding tert-OH is 1. The van der Waals surface area contributed by atoms with Gasteiger partial charge in [0.25, 0.3) is 0 Å². The number of amides is 1. The van der Waals surface area contributed by atoms with Gasteiger partial charge in [0.2, 0.25) is 5.91 Å². The van der Waals surface area contributed by atoms with Crippen LogP contribution in [0.25, 0.3) is 0 Å². The van der Waals surface area contributed by atoms with Crippen molar-refractivity contribution in [3.05, 3.63) is 15.8 Å². The number of anilines is 1. The Hall–Kier alpha value is -1.84. The van der Waals surface area contributed by atoms with Crippen molar-refractivity contribution >= 4 is 28.9 Å². The molecule has 1 aliphatic rings. The van der Waals surface area contributed by atoms with Crippen LogP contribution >= 0.6 is 11.3 Å². The van der Waals surface area contributed by atoms with Gasteiger partial charge in [-0.2, -0.15) is 0 Å². The van der Waals surface area contributed by atoms with E-state index in [0.717, 1.165) is 43.4 Å². The molecule has 1 fully saturated rings. The first-order valence-electron chi connectivity index (χ1n) is 9.05. The number of hydrogen-bond donors (Lipinski definition) is 2. The third-order valence-electron chi connectivity index (χ3n) is 4.30. The van der Waals surface area contributed by atoms with Gasteiger partial charge < -0.3 is 15.1 Å². The van der Waals surface area contributed by atoms with Crippen molar-refractivity contribution in [2.75, 3.05) is 18.1 Å². The molecule has 0 radical (unpaired) electrons. The molecule has 2 rings (SSSR count). The first-order chi connectivity index (χ1) is 12.2. The maximum atomic E-state index is 13.0. The highest BCUT2D eigenvalue weighted by Crippen LogP contribution is 2.33. The third kappa shape index (κ3) is 5.33. The largest absolute Gasteiger partial charge is 0.477 e. The predicted molar refractivity (Wildman–Crippen MR) is 104 cm³/mol. The number of carbonyl (C=O) groups is 2. The van der Waals surface area contributed by atoms with E-state index < -0.39 is 5.97 Å². The van der Waals surface area contributed by atoms with Gasteiger partial charge in [-0.15, -0.1) is 11.3 Å². The number of carboxylic acids is 1. The molecule has 1 aromatic heterocycles. The third-order valence-corrected chi connectivity index (χ3v) is 5.33. The van der Waals surface area contributed by atoms with Gasteiger partial charge in [-0.25, -0.2) is 4.79 Å². The van der Waals surface area contributed by atoms with Gasteiger partial charge in [-0.1, -0.05) is 31.1 Å². The number of nitrogens with zero attached hydrogens (tertiary/aromatic N) is 1. The van der Waals surface area contributed by atoms with Crippen LogP contribution in [0.4, 0.5) is 5.69 Å². The molecule has 2 N–H and O–H groups in total. The summed E-state index contributed by atoms with van der Waals surface area (Å²) >= 11 is 1.08. The quantitative estimate of drug-likeness (QED) is 0.766. The summed E-state index contributed by atoms with van der Waals surface area (Å²) in [5.74, 6) is 4.86. The molecule has 5 nitrogen and oxygen atoms in total. The van der Waals surface area contributed by atoms with Crippen molar-refractivity contribution in [2.24, 2.45) is 11.3 Å². The zero-order valence-corrected chi connectivity index (χ0v) is 16.5. The van der Waals surface area contributed by atoms with E-state index >= 15 is 0 Å². The van der Waals surface area contributed by atoms with Crippen LogP contribution in [0, 0.1) is 23.2 Å². The van der Waals surface area contributed by atoms with Crippen LogP contribution in [-0.4, -0.2) is 35.2 Å². The Labute approximate surface area is 159 Å². The first kappa shape index (κ1) is 20.5. The molecule has 6 heteroatoms. The maximum absolute atomic E-state index is 13.0. The van der Waals surface area contributed by atoms with Crippen LogP contribution in [0.3, 0.4) is 0 Å². The van der Waals surface area contributed by atoms with Crippen molar-refractivity contribution < 1.29 is 19.8 Å². The van der Waals surface area contributed by atoms with Gasteiger partial charge >= 0.3 is 5.97 Å². The molecule has 142 valence electrons. The van der Waals surface area contributed by atoms with Crippen LogP contribution in [0.5, 0.6) is 0 Å². The number of aliphatic hydroxyl groups is 1. The van der Waals surface area contributed by atoms with Crippen molar-refractivity contribution in [1.29, 1.82) is 0 Å². The number of hydrogen-bond acceptors (Lipinski definition) is 4. The van der Waals surface area contributed by atoms with Crippen molar-refractivity contribution in [2.45, 2.75) is 52.9 Å². The number of thiophene rings is 1. The second kappa shape index (κ2) is 8.70. The van der Waals surface area contributed by atoms with E-state index in [1.54, 1.807) is 6.07 Å². The molecule has 0 bridgehead atoms. The summed E-state index contributed by atoms with van der Waals surface area (Å²) in [5.41, 5.74) is 0.154. The second-order valence-electron chi connectivity index (χ2n) is 7.68. The average Bonchev–Trinajstić information content (AvgIpc) is 3.02. The van der Waals surface area contributed by atoms with Gasteiger partial charge in [-0.05, 0) is 39.7 Å². The molecule has 1 aliphatic carbocycles. The van der Waals surface area contributed by atoms with E-state index in [9.17, 15) is 19.8 Å². The molecular formula is C20H27NO4S. The summed E-state index contributed by atoms with van der Waals surface area (Å²) in [6.07, 6.45) is 4.81. The fourth-order valence-corrected chi connectivity index (χ4v) is 3.92. The lowest BCUT2D eigenvalue weighted by atomic mass is 9.88. The topological polar surface area (TPSA) is 77.8 Å². The molecule has 26 heavy (non-hydrogen) atoms. The lowest BCUT2D eigenvalue weighted by Crippen LogP contribution is -2.39. The monoisotopic (exact) mass is 377 g/mol. The van der Waals surface area contributed by atoms with Gasteiger partial charge in [0.05, 0.1) is 17.2 Å². The number of rotatable bonds is 5. The summed E-state index contributed by atoms with van der Waals surface area (Å²) in [7, 11) is 0. The summed E-state index contributed by atoms with van der Waals surface area (Å²) in [6.45, 7) is 5.83. The predicted octanol–water partition coefficient (Wildman–Crippen LogP) is 3.75. The van der Waals surface area contributed by atoms with Crippen LogP contribution in [0.1, 0.15) is 67.4 Å². The lowest BCUT2D eigenvalue weighted by molar-refractivity contribution is -0.123. The molecule has 0 saturated heterocycles. The normalized spacial score (nSPS) is 15.2. The van der Waals surface area contributed by atoms with E-state index in [1.807, 2.05) is 20.8 Å². The molecule has 0 unspecified atom stereocenters. The molecular weight excluding hydrogens is 350 g/mol. The van der Waals surface area contributed by atoms with Gasteiger partial charge in [0.15, 0.2) is 0 Å². The van der Waals surface area contributed by atoms with Crippen LogP contribution in [0.2, 0.25) is 0 Å². The lowest BCUT2D eigenvalue weighted by Gasteiger charge is -2.28. The summed E-state index contributed by atoms with van der Waals surface area (Å²) < 4.78 is 0. The van der Waals surface area contributed by atoms with Crippen LogP contribution in [0.15, 0.2) is 6.07 Å². The Kier molecular flexibility index (Phi) is 6.85. The minimum Gasteiger partial charge on any atom is -0.477 e. The van der Waals surface area contributed by atoms with Gasteiger partial charge in [0.1, 0.15) is 4.88 Å². The minimum atomic E-state index is -1.08. The molecule has 0 aromatic carbocycles. The van der Waals surface area contributed by atoms with Gasteiger partial charge in [-0.3, -0.25) is 4.79 Å². The minimum absolute atomic E-state index is 0.0885. The number of carbonyl (C=O) groups excluding carboxylic acids is 1. The smallest absolute Gasteiger partial charge is 0.348 e. The van der Waals surface area contributed by atoms with E-state index in [4.69, 9.17) is 0 Å². The molecule has 1 saturated carbocycles. The highest BCUT2D eigenvalue weighted by Gasteiger charge is 2.30. The molecule has 1 amide bonds. The zero-order chi connectivity index (χ0) is 19.3. The highest BCUT2D eigenvalue weighted by atomic mass is 32.1. The fraction of sp³-hybridized carbons (Fsp3) is 0.600. The summed E-state index contributed by atoms with van der Waals surface area (Å²) in [4.78, 5) is 26.8. The Morgan fingerprint density at radius 1 is 1.27 bits per heavy atom. The van der Waals surface area contributed by atoms with Crippen molar-refractivity contribution in [1.82, 2.24) is 0 Å². The fourth-order valence-electron chi connectivity index (χ4n) is 3.07. The Morgan fingerprint density at radius 2 is 1.92 bits per heavy atom. The molecule has 1 heterocycles. The summed E-state index contributed by atoms with van der Waals surface area (Å²) in [5, 5.41) is 19.0. The highest BCUT2D eigenvalue weighted by molar-refractivity contribution is 7.15. The average molecular weight is 378 g/mol. The van der Waals surface area contributed by atoms with Crippen LogP contribution < -0.4 is 4.90 Å². The molecule has 1 aromatic rings. The zero-order valence-electron chi connectivity index (χ0n) is 15.7. The first-order valence-corrected chi connectivity index (χ1v) is 9.87. The second-order valence-corrected chi connectivity index (χ2v) is 8.73. The van der Waals surface area contributed by atoms with E-state index in [1.165, 1.54) is 4.90 Å². The van der Waals surface area contributed by atoms with Crippen molar-refractivity contribution in [3.8, 4) is 11.8 Å². The van der Waals surface area contributed by atoms with Crippen molar-refractivity contribution in [3.63, 3.8) is 0 Å². The summed E-state index contributed by atoms with van der Waals surface area (Å²) in [6, 6.07) is 1.67. The molecule has 0 spiro atoms. The van der Waals surface area contributed by atoms with Gasteiger partial charge in [0, 0.05) is 17.9 Å². The maximum Gasteiger partial charge on any atom is 0.348 e. The molecule has 0 atom stereocenters. The molecule has 0 aliphatic heterocycles. The Morgan fingerprint density at radius 3 is 2.46 bits per heavy atom. The Balaban J connectivity index is 2.39. The van der Waals surface area contributed by atoms with E-state index in [2.05, 4.69) is 11.8 Å². The Bertz CT molecular complexity index is 714. The number of aromatic carboxylic acids is 1. The number of carboxylic acid groups (broad SMARTS) is 1. The van der Waals surface area contributed by atoms with E-state index in [-0.39, 0.29) is 35.3 Å². The van der Waals surface area contributed by atoms with Crippen LogP contribution in [-0.2, 0) is 4.79 Å². The standard InChI is InChI=1S/C20H27NO4S/c1-20(2,3)10-9-15-13-16(17(26-15)19(24)25)21(11-12-22)18(23)14-7-5-4-6-8-14/h13-14,22H,4-8,11-12H2,1-3H3,(H,24,25). The van der Waals surface area contributed by atoms with E-state index in [0.29, 0.717) is 10.6 Å². The SMILES string of the molecule is CC(C)(C)C#Cc1cc(N(CCO)C(=O)C2CCCCC2)c(C(=O)O)s1.